The second-order valence-electron chi connectivity index (χ2n) is 4.34. The van der Waals surface area contributed by atoms with Gasteiger partial charge in [-0.2, -0.15) is 0 Å². The van der Waals surface area contributed by atoms with E-state index in [2.05, 4.69) is 17.6 Å². The van der Waals surface area contributed by atoms with Gasteiger partial charge in [-0.1, -0.05) is 18.2 Å². The highest BCUT2D eigenvalue weighted by Gasteiger charge is 2.09. The summed E-state index contributed by atoms with van der Waals surface area (Å²) in [7, 11) is 1.66. The van der Waals surface area contributed by atoms with Crippen molar-refractivity contribution in [3.63, 3.8) is 0 Å². The smallest absolute Gasteiger partial charge is 0.117 e. The number of aromatic nitrogens is 2. The van der Waals surface area contributed by atoms with Crippen molar-refractivity contribution in [1.29, 1.82) is 0 Å². The van der Waals surface area contributed by atoms with E-state index in [0.29, 0.717) is 0 Å². The van der Waals surface area contributed by atoms with Crippen LogP contribution in [0.2, 0.25) is 0 Å². The normalized spacial score (nSPS) is 12.7. The van der Waals surface area contributed by atoms with E-state index in [4.69, 9.17) is 9.72 Å². The summed E-state index contributed by atoms with van der Waals surface area (Å²) in [5.41, 5.74) is 2.76. The van der Waals surface area contributed by atoms with E-state index in [1.54, 1.807) is 19.4 Å². The lowest BCUT2D eigenvalue weighted by Gasteiger charge is -2.11. The topological polar surface area (TPSA) is 35.0 Å². The van der Waals surface area contributed by atoms with Crippen molar-refractivity contribution in [1.82, 2.24) is 9.97 Å². The summed E-state index contributed by atoms with van der Waals surface area (Å²) >= 11 is 0. The first-order chi connectivity index (χ1) is 9.33. The number of nitrogens with zero attached hydrogens (tertiary/aromatic N) is 2. The van der Waals surface area contributed by atoms with E-state index < -0.39 is 0 Å². The SMILES string of the molecule is C=CC(OC)c1ccc2ccc3ncccc3c2n1. The van der Waals surface area contributed by atoms with E-state index in [1.165, 1.54) is 0 Å². The third-order valence-electron chi connectivity index (χ3n) is 3.22. The molecule has 3 aromatic rings. The maximum absolute atomic E-state index is 5.35. The average Bonchev–Trinajstić information content (AvgIpc) is 2.48. The number of hydrogen-bond donors (Lipinski definition) is 0. The molecule has 3 nitrogen and oxygen atoms in total. The number of methoxy groups -OCH3 is 1. The van der Waals surface area contributed by atoms with Crippen LogP contribution < -0.4 is 0 Å². The number of hydrogen-bond acceptors (Lipinski definition) is 3. The van der Waals surface area contributed by atoms with E-state index in [-0.39, 0.29) is 6.10 Å². The summed E-state index contributed by atoms with van der Waals surface area (Å²) in [6, 6.07) is 12.0. The highest BCUT2D eigenvalue weighted by atomic mass is 16.5. The molecular weight excluding hydrogens is 236 g/mol. The maximum atomic E-state index is 5.35. The summed E-state index contributed by atoms with van der Waals surface area (Å²) in [6.45, 7) is 3.77. The highest BCUT2D eigenvalue weighted by molar-refractivity contribution is 6.03. The van der Waals surface area contributed by atoms with Gasteiger partial charge in [-0.05, 0) is 24.3 Å². The van der Waals surface area contributed by atoms with Gasteiger partial charge in [-0.3, -0.25) is 4.98 Å². The molecule has 1 unspecified atom stereocenters. The van der Waals surface area contributed by atoms with Crippen LogP contribution >= 0.6 is 0 Å². The van der Waals surface area contributed by atoms with Gasteiger partial charge in [0.25, 0.3) is 0 Å². The molecule has 94 valence electrons. The first-order valence-corrected chi connectivity index (χ1v) is 6.13. The Morgan fingerprint density at radius 1 is 1.21 bits per heavy atom. The molecule has 0 spiro atoms. The summed E-state index contributed by atoms with van der Waals surface area (Å²) in [5, 5.41) is 2.16. The molecule has 2 aromatic heterocycles. The molecule has 0 saturated carbocycles. The number of rotatable bonds is 3. The van der Waals surface area contributed by atoms with Crippen molar-refractivity contribution < 1.29 is 4.74 Å². The van der Waals surface area contributed by atoms with E-state index in [9.17, 15) is 0 Å². The summed E-state index contributed by atoms with van der Waals surface area (Å²) in [6.07, 6.45) is 3.35. The lowest BCUT2D eigenvalue weighted by atomic mass is 10.1. The van der Waals surface area contributed by atoms with Crippen molar-refractivity contribution in [3.8, 4) is 0 Å². The van der Waals surface area contributed by atoms with E-state index >= 15 is 0 Å². The summed E-state index contributed by atoms with van der Waals surface area (Å²) < 4.78 is 5.35. The molecular formula is C16H14N2O. The van der Waals surface area contributed by atoms with Gasteiger partial charge < -0.3 is 4.74 Å². The van der Waals surface area contributed by atoms with E-state index in [0.717, 1.165) is 27.5 Å². The van der Waals surface area contributed by atoms with Gasteiger partial charge in [-0.15, -0.1) is 6.58 Å². The second kappa shape index (κ2) is 4.78. The van der Waals surface area contributed by atoms with Crippen LogP contribution in [0.15, 0.2) is 55.3 Å². The molecule has 3 heteroatoms. The second-order valence-corrected chi connectivity index (χ2v) is 4.34. The van der Waals surface area contributed by atoms with Crippen LogP contribution in [0.4, 0.5) is 0 Å². The van der Waals surface area contributed by atoms with Gasteiger partial charge in [0, 0.05) is 24.1 Å². The van der Waals surface area contributed by atoms with Gasteiger partial charge in [0.05, 0.1) is 16.7 Å². The molecule has 2 heterocycles. The minimum absolute atomic E-state index is 0.184. The number of ether oxygens (including phenoxy) is 1. The Balaban J connectivity index is 2.31. The molecule has 3 rings (SSSR count). The van der Waals surface area contributed by atoms with Gasteiger partial charge >= 0.3 is 0 Å². The lowest BCUT2D eigenvalue weighted by Crippen LogP contribution is -2.00. The Morgan fingerprint density at radius 2 is 2.05 bits per heavy atom. The Labute approximate surface area is 111 Å². The van der Waals surface area contributed by atoms with Crippen LogP contribution in [-0.4, -0.2) is 17.1 Å². The van der Waals surface area contributed by atoms with Gasteiger partial charge in [0.1, 0.15) is 6.10 Å². The van der Waals surface area contributed by atoms with Gasteiger partial charge in [0.2, 0.25) is 0 Å². The molecule has 1 aromatic carbocycles. The Hall–Kier alpha value is -2.26. The molecule has 0 aliphatic rings. The predicted octanol–water partition coefficient (Wildman–Crippen LogP) is 3.66. The zero-order chi connectivity index (χ0) is 13.2. The molecule has 0 aliphatic carbocycles. The molecule has 0 radical (unpaired) electrons. The molecule has 0 aliphatic heterocycles. The van der Waals surface area contributed by atoms with Crippen molar-refractivity contribution in [2.24, 2.45) is 0 Å². The van der Waals surface area contributed by atoms with Crippen molar-refractivity contribution >= 4 is 21.8 Å². The van der Waals surface area contributed by atoms with Crippen LogP contribution in [0, 0.1) is 0 Å². The third-order valence-corrected chi connectivity index (χ3v) is 3.22. The fraction of sp³-hybridized carbons (Fsp3) is 0.125. The van der Waals surface area contributed by atoms with Crippen LogP contribution in [-0.2, 0) is 4.74 Å². The van der Waals surface area contributed by atoms with Gasteiger partial charge in [0.15, 0.2) is 0 Å². The van der Waals surface area contributed by atoms with Crippen LogP contribution in [0.5, 0.6) is 0 Å². The predicted molar refractivity (Wildman–Crippen MR) is 77.0 cm³/mol. The molecule has 0 fully saturated rings. The average molecular weight is 250 g/mol. The minimum atomic E-state index is -0.184. The number of benzene rings is 1. The largest absolute Gasteiger partial charge is 0.371 e. The zero-order valence-electron chi connectivity index (χ0n) is 10.7. The quantitative estimate of drug-likeness (QED) is 0.525. The molecule has 0 amide bonds. The molecule has 1 atom stereocenters. The van der Waals surface area contributed by atoms with Gasteiger partial charge in [-0.25, -0.2) is 4.98 Å². The fourth-order valence-electron chi connectivity index (χ4n) is 2.25. The van der Waals surface area contributed by atoms with Crippen molar-refractivity contribution in [2.75, 3.05) is 7.11 Å². The van der Waals surface area contributed by atoms with E-state index in [1.807, 2.05) is 30.3 Å². The molecule has 0 saturated heterocycles. The molecule has 0 N–H and O–H groups in total. The minimum Gasteiger partial charge on any atom is -0.371 e. The summed E-state index contributed by atoms with van der Waals surface area (Å²) in [4.78, 5) is 9.06. The Morgan fingerprint density at radius 3 is 2.84 bits per heavy atom. The lowest BCUT2D eigenvalue weighted by molar-refractivity contribution is 0.140. The summed E-state index contributed by atoms with van der Waals surface area (Å²) in [5.74, 6) is 0. The molecule has 19 heavy (non-hydrogen) atoms. The first-order valence-electron chi connectivity index (χ1n) is 6.13. The zero-order valence-corrected chi connectivity index (χ0v) is 10.7. The van der Waals surface area contributed by atoms with Crippen molar-refractivity contribution in [3.05, 3.63) is 60.9 Å². The molecule has 0 bridgehead atoms. The number of pyridine rings is 2. The number of fused-ring (bicyclic) bond motifs is 3. The fourth-order valence-corrected chi connectivity index (χ4v) is 2.25. The highest BCUT2D eigenvalue weighted by Crippen LogP contribution is 2.25. The third kappa shape index (κ3) is 1.98. The van der Waals surface area contributed by atoms with Crippen LogP contribution in [0.3, 0.4) is 0 Å². The Bertz CT molecular complexity index is 752. The maximum Gasteiger partial charge on any atom is 0.117 e. The van der Waals surface area contributed by atoms with Crippen LogP contribution in [0.1, 0.15) is 11.8 Å². The first kappa shape index (κ1) is 11.8. The van der Waals surface area contributed by atoms with Crippen LogP contribution in [0.25, 0.3) is 21.8 Å². The van der Waals surface area contributed by atoms with Crippen molar-refractivity contribution in [2.45, 2.75) is 6.10 Å². The standard InChI is InChI=1S/C16H14N2O/c1-3-15(19-2)14-9-7-11-6-8-13-12(16(11)18-14)5-4-10-17-13/h3-10,15H,1H2,2H3. The Kier molecular flexibility index (Phi) is 2.97. The monoisotopic (exact) mass is 250 g/mol.